The summed E-state index contributed by atoms with van der Waals surface area (Å²) in [5.74, 6) is -0.283. The Morgan fingerprint density at radius 1 is 1.50 bits per heavy atom. The van der Waals surface area contributed by atoms with Gasteiger partial charge in [0.15, 0.2) is 0 Å². The lowest BCUT2D eigenvalue weighted by molar-refractivity contribution is -0.136. The third-order valence-corrected chi connectivity index (χ3v) is 2.91. The number of rotatable bonds is 5. The number of nitrogens with one attached hydrogen (secondary N) is 1. The highest BCUT2D eigenvalue weighted by atomic mass is 35.5. The van der Waals surface area contributed by atoms with Crippen molar-refractivity contribution in [3.63, 3.8) is 0 Å². The van der Waals surface area contributed by atoms with Gasteiger partial charge in [-0.05, 0) is 31.0 Å². The molecule has 0 saturated heterocycles. The molecule has 3 nitrogen and oxygen atoms in total. The average Bonchev–Trinajstić information content (AvgIpc) is 2.36. The maximum Gasteiger partial charge on any atom is 0.333 e. The highest BCUT2D eigenvalue weighted by Crippen LogP contribution is 2.22. The van der Waals surface area contributed by atoms with Gasteiger partial charge in [0.25, 0.3) is 0 Å². The first-order valence-electron chi connectivity index (χ1n) is 5.85. The number of benzene rings is 1. The molecular weight excluding hydrogens is 250 g/mol. The fraction of sp³-hybridized carbons (Fsp3) is 0.357. The fourth-order valence-corrected chi connectivity index (χ4v) is 1.85. The maximum atomic E-state index is 11.4. The fourth-order valence-electron chi connectivity index (χ4n) is 1.55. The Hall–Kier alpha value is -1.48. The summed E-state index contributed by atoms with van der Waals surface area (Å²) in [4.78, 5) is 11.4. The van der Waals surface area contributed by atoms with Crippen LogP contribution in [0.4, 0.5) is 5.69 Å². The molecule has 0 amide bonds. The van der Waals surface area contributed by atoms with Crippen LogP contribution in [0, 0.1) is 6.92 Å². The summed E-state index contributed by atoms with van der Waals surface area (Å²) in [5.41, 5.74) is 2.64. The van der Waals surface area contributed by atoms with E-state index in [-0.39, 0.29) is 5.97 Å². The van der Waals surface area contributed by atoms with Crippen molar-refractivity contribution < 1.29 is 9.53 Å². The number of carbonyl (C=O) groups is 1. The van der Waals surface area contributed by atoms with Crippen molar-refractivity contribution in [2.45, 2.75) is 20.3 Å². The van der Waals surface area contributed by atoms with Gasteiger partial charge < -0.3 is 10.1 Å². The first-order valence-corrected chi connectivity index (χ1v) is 6.23. The van der Waals surface area contributed by atoms with Crippen molar-refractivity contribution in [2.75, 3.05) is 19.0 Å². The summed E-state index contributed by atoms with van der Waals surface area (Å²) in [7, 11) is 1.39. The smallest absolute Gasteiger partial charge is 0.333 e. The van der Waals surface area contributed by atoms with E-state index in [1.807, 2.05) is 38.1 Å². The van der Waals surface area contributed by atoms with Crippen molar-refractivity contribution in [3.05, 3.63) is 40.4 Å². The van der Waals surface area contributed by atoms with Gasteiger partial charge in [0, 0.05) is 12.1 Å². The quantitative estimate of drug-likeness (QED) is 0.655. The molecule has 0 unspecified atom stereocenters. The van der Waals surface area contributed by atoms with E-state index >= 15 is 0 Å². The van der Waals surface area contributed by atoms with Crippen LogP contribution in [0.15, 0.2) is 29.8 Å². The summed E-state index contributed by atoms with van der Waals surface area (Å²) >= 11 is 6.09. The van der Waals surface area contributed by atoms with E-state index in [1.165, 1.54) is 7.11 Å². The van der Waals surface area contributed by atoms with Crippen LogP contribution in [0.25, 0.3) is 0 Å². The van der Waals surface area contributed by atoms with Gasteiger partial charge in [0.05, 0.1) is 17.8 Å². The SMILES string of the molecule is CC/C(=C/CNc1ccc(C)cc1Cl)C(=O)OC. The number of aryl methyl sites for hydroxylation is 1. The van der Waals surface area contributed by atoms with Crippen molar-refractivity contribution >= 4 is 23.3 Å². The van der Waals surface area contributed by atoms with E-state index in [1.54, 1.807) is 0 Å². The largest absolute Gasteiger partial charge is 0.466 e. The van der Waals surface area contributed by atoms with E-state index in [9.17, 15) is 4.79 Å². The van der Waals surface area contributed by atoms with Crippen LogP contribution in [0.2, 0.25) is 5.02 Å². The van der Waals surface area contributed by atoms with Crippen molar-refractivity contribution in [1.29, 1.82) is 0 Å². The molecule has 0 bridgehead atoms. The summed E-state index contributed by atoms with van der Waals surface area (Å²) in [6, 6.07) is 5.81. The summed E-state index contributed by atoms with van der Waals surface area (Å²) in [6.45, 7) is 4.45. The second-order valence-electron chi connectivity index (χ2n) is 3.94. The molecule has 1 aromatic carbocycles. The molecule has 0 fully saturated rings. The Morgan fingerprint density at radius 3 is 2.78 bits per heavy atom. The molecule has 18 heavy (non-hydrogen) atoms. The zero-order chi connectivity index (χ0) is 13.5. The van der Waals surface area contributed by atoms with Crippen LogP contribution < -0.4 is 5.32 Å². The predicted octanol–water partition coefficient (Wildman–Crippen LogP) is 3.57. The molecule has 4 heteroatoms. The van der Waals surface area contributed by atoms with Crippen LogP contribution >= 0.6 is 11.6 Å². The second kappa shape index (κ2) is 7.07. The van der Waals surface area contributed by atoms with E-state index < -0.39 is 0 Å². The highest BCUT2D eigenvalue weighted by Gasteiger charge is 2.06. The summed E-state index contributed by atoms with van der Waals surface area (Å²) in [5, 5.41) is 3.85. The molecule has 1 rings (SSSR count). The topological polar surface area (TPSA) is 38.3 Å². The number of esters is 1. The lowest BCUT2D eigenvalue weighted by atomic mass is 10.2. The van der Waals surface area contributed by atoms with Gasteiger partial charge in [-0.2, -0.15) is 0 Å². The molecule has 0 aromatic heterocycles. The molecule has 98 valence electrons. The lowest BCUT2D eigenvalue weighted by Gasteiger charge is -2.08. The van der Waals surface area contributed by atoms with Crippen LogP contribution in [0.3, 0.4) is 0 Å². The summed E-state index contributed by atoms with van der Waals surface area (Å²) in [6.07, 6.45) is 2.47. The zero-order valence-electron chi connectivity index (χ0n) is 10.9. The summed E-state index contributed by atoms with van der Waals surface area (Å²) < 4.78 is 4.68. The molecule has 0 atom stereocenters. The first-order chi connectivity index (χ1) is 8.58. The van der Waals surface area contributed by atoms with Gasteiger partial charge in [0.1, 0.15) is 0 Å². The normalized spacial score (nSPS) is 11.2. The van der Waals surface area contributed by atoms with E-state index in [0.717, 1.165) is 11.3 Å². The monoisotopic (exact) mass is 267 g/mol. The Balaban J connectivity index is 2.65. The number of ether oxygens (including phenoxy) is 1. The predicted molar refractivity (Wildman–Crippen MR) is 75.1 cm³/mol. The molecule has 0 aliphatic rings. The van der Waals surface area contributed by atoms with Crippen LogP contribution in [-0.4, -0.2) is 19.6 Å². The average molecular weight is 268 g/mol. The lowest BCUT2D eigenvalue weighted by Crippen LogP contribution is -2.07. The Labute approximate surface area is 113 Å². The number of hydrogen-bond donors (Lipinski definition) is 1. The Kier molecular flexibility index (Phi) is 5.72. The molecule has 0 spiro atoms. The minimum atomic E-state index is -0.283. The molecule has 0 radical (unpaired) electrons. The number of methoxy groups -OCH3 is 1. The van der Waals surface area contributed by atoms with Crippen LogP contribution in [-0.2, 0) is 9.53 Å². The van der Waals surface area contributed by atoms with Crippen LogP contribution in [0.1, 0.15) is 18.9 Å². The van der Waals surface area contributed by atoms with Crippen molar-refractivity contribution in [1.82, 2.24) is 0 Å². The van der Waals surface area contributed by atoms with Gasteiger partial charge >= 0.3 is 5.97 Å². The number of hydrogen-bond acceptors (Lipinski definition) is 3. The molecule has 0 aliphatic carbocycles. The molecule has 0 saturated carbocycles. The van der Waals surface area contributed by atoms with Crippen LogP contribution in [0.5, 0.6) is 0 Å². The van der Waals surface area contributed by atoms with Gasteiger partial charge in [-0.15, -0.1) is 0 Å². The standard InChI is InChI=1S/C14H18ClNO2/c1-4-11(14(17)18-3)7-8-16-13-6-5-10(2)9-12(13)15/h5-7,9,16H,4,8H2,1-3H3/b11-7-. The highest BCUT2D eigenvalue weighted by molar-refractivity contribution is 6.33. The molecule has 0 aliphatic heterocycles. The third kappa shape index (κ3) is 4.08. The molecule has 1 N–H and O–H groups in total. The molecule has 1 aromatic rings. The van der Waals surface area contributed by atoms with Gasteiger partial charge in [-0.1, -0.05) is 30.7 Å². The molecular formula is C14H18ClNO2. The number of anilines is 1. The van der Waals surface area contributed by atoms with E-state index in [0.29, 0.717) is 23.6 Å². The third-order valence-electron chi connectivity index (χ3n) is 2.59. The van der Waals surface area contributed by atoms with Crippen molar-refractivity contribution in [2.24, 2.45) is 0 Å². The minimum absolute atomic E-state index is 0.283. The van der Waals surface area contributed by atoms with Gasteiger partial charge in [0.2, 0.25) is 0 Å². The number of halogens is 1. The Morgan fingerprint density at radius 2 is 2.22 bits per heavy atom. The van der Waals surface area contributed by atoms with Gasteiger partial charge in [-0.25, -0.2) is 4.79 Å². The van der Waals surface area contributed by atoms with E-state index in [2.05, 4.69) is 10.1 Å². The Bertz CT molecular complexity index is 455. The first kappa shape index (κ1) is 14.6. The molecule has 0 heterocycles. The van der Waals surface area contributed by atoms with Crippen molar-refractivity contribution in [3.8, 4) is 0 Å². The second-order valence-corrected chi connectivity index (χ2v) is 4.35. The minimum Gasteiger partial charge on any atom is -0.466 e. The zero-order valence-corrected chi connectivity index (χ0v) is 11.7. The van der Waals surface area contributed by atoms with E-state index in [4.69, 9.17) is 11.6 Å². The van der Waals surface area contributed by atoms with Gasteiger partial charge in [-0.3, -0.25) is 0 Å². The maximum absolute atomic E-state index is 11.4. The number of carbonyl (C=O) groups excluding carboxylic acids is 1.